The van der Waals surface area contributed by atoms with Gasteiger partial charge in [0, 0.05) is 20.3 Å². The number of halogens is 1. The molecule has 2 rings (SSSR count). The predicted octanol–water partition coefficient (Wildman–Crippen LogP) is 2.67. The summed E-state index contributed by atoms with van der Waals surface area (Å²) >= 11 is 0. The largest absolute Gasteiger partial charge is 0.384 e. The molecule has 0 radical (unpaired) electrons. The van der Waals surface area contributed by atoms with Gasteiger partial charge in [0.05, 0.1) is 18.6 Å². The number of hydrogen-bond acceptors (Lipinski definition) is 4. The van der Waals surface area contributed by atoms with Gasteiger partial charge in [-0.1, -0.05) is 31.2 Å². The molecule has 25 heavy (non-hydrogen) atoms. The van der Waals surface area contributed by atoms with Gasteiger partial charge in [-0.3, -0.25) is 4.79 Å². The van der Waals surface area contributed by atoms with Crippen molar-refractivity contribution in [2.24, 2.45) is 5.41 Å². The minimum Gasteiger partial charge on any atom is -0.384 e. The number of carbonyl (C=O) groups excluding carboxylic acids is 1. The summed E-state index contributed by atoms with van der Waals surface area (Å²) in [6.07, 6.45) is 2.63. The van der Waals surface area contributed by atoms with Gasteiger partial charge < -0.3 is 20.1 Å². The lowest BCUT2D eigenvalue weighted by Gasteiger charge is -2.35. The predicted molar refractivity (Wildman–Crippen MR) is 102 cm³/mol. The molecule has 1 aliphatic heterocycles. The number of carbonyl (C=O) groups is 1. The lowest BCUT2D eigenvalue weighted by Crippen LogP contribution is -2.50. The molecule has 1 aromatic rings. The standard InChI is InChI=1S/C19H30N2O3.ClH/c1-3-12-24-14-17-7-5-4-6-16(17)13-21-18(22)19(15-23-2)8-10-20-11-9-19;/h4-7,20H,3,8-15H2,1-2H3,(H,21,22);1H. The molecule has 0 saturated carbocycles. The van der Waals surface area contributed by atoms with E-state index in [2.05, 4.69) is 29.7 Å². The van der Waals surface area contributed by atoms with Crippen molar-refractivity contribution in [1.29, 1.82) is 0 Å². The highest BCUT2D eigenvalue weighted by molar-refractivity contribution is 5.85. The molecule has 0 aliphatic carbocycles. The maximum absolute atomic E-state index is 12.8. The molecule has 0 bridgehead atoms. The van der Waals surface area contributed by atoms with E-state index in [1.165, 1.54) is 0 Å². The van der Waals surface area contributed by atoms with Crippen molar-refractivity contribution in [1.82, 2.24) is 10.6 Å². The topological polar surface area (TPSA) is 59.6 Å². The van der Waals surface area contributed by atoms with Crippen LogP contribution in [0.25, 0.3) is 0 Å². The highest BCUT2D eigenvalue weighted by atomic mass is 35.5. The third-order valence-electron chi connectivity index (χ3n) is 4.63. The number of benzene rings is 1. The molecular formula is C19H31ClN2O3. The maximum atomic E-state index is 12.8. The molecule has 0 aromatic heterocycles. The molecule has 1 aromatic carbocycles. The maximum Gasteiger partial charge on any atom is 0.228 e. The molecule has 5 nitrogen and oxygen atoms in total. The van der Waals surface area contributed by atoms with Crippen LogP contribution in [0.15, 0.2) is 24.3 Å². The van der Waals surface area contributed by atoms with Gasteiger partial charge in [0.25, 0.3) is 0 Å². The van der Waals surface area contributed by atoms with Gasteiger partial charge in [0.2, 0.25) is 5.91 Å². The van der Waals surface area contributed by atoms with Crippen molar-refractivity contribution in [2.45, 2.75) is 39.3 Å². The molecule has 142 valence electrons. The average molecular weight is 371 g/mol. The van der Waals surface area contributed by atoms with E-state index >= 15 is 0 Å². The van der Waals surface area contributed by atoms with Crippen LogP contribution in [-0.2, 0) is 27.4 Å². The van der Waals surface area contributed by atoms with Crippen LogP contribution in [0.2, 0.25) is 0 Å². The minimum absolute atomic E-state index is 0. The summed E-state index contributed by atoms with van der Waals surface area (Å²) in [6.45, 7) is 6.17. The summed E-state index contributed by atoms with van der Waals surface area (Å²) in [5, 5.41) is 6.44. The summed E-state index contributed by atoms with van der Waals surface area (Å²) in [5.41, 5.74) is 1.84. The monoisotopic (exact) mass is 370 g/mol. The Morgan fingerprint density at radius 2 is 1.92 bits per heavy atom. The lowest BCUT2D eigenvalue weighted by atomic mass is 9.78. The first kappa shape index (κ1) is 21.9. The van der Waals surface area contributed by atoms with Gasteiger partial charge in [0.1, 0.15) is 0 Å². The van der Waals surface area contributed by atoms with Crippen molar-refractivity contribution < 1.29 is 14.3 Å². The van der Waals surface area contributed by atoms with Crippen LogP contribution in [-0.4, -0.2) is 39.3 Å². The molecule has 0 atom stereocenters. The van der Waals surface area contributed by atoms with Gasteiger partial charge in [-0.15, -0.1) is 12.4 Å². The quantitative estimate of drug-likeness (QED) is 0.656. The summed E-state index contributed by atoms with van der Waals surface area (Å²) < 4.78 is 11.0. The highest BCUT2D eigenvalue weighted by Crippen LogP contribution is 2.29. The molecule has 2 N–H and O–H groups in total. The number of nitrogens with one attached hydrogen (secondary N) is 2. The molecule has 1 saturated heterocycles. The van der Waals surface area contributed by atoms with Crippen molar-refractivity contribution in [3.05, 3.63) is 35.4 Å². The molecular weight excluding hydrogens is 340 g/mol. The molecule has 0 unspecified atom stereocenters. The Bertz CT molecular complexity index is 514. The summed E-state index contributed by atoms with van der Waals surface area (Å²) in [6, 6.07) is 8.12. The Morgan fingerprint density at radius 3 is 2.56 bits per heavy atom. The fourth-order valence-corrected chi connectivity index (χ4v) is 3.18. The lowest BCUT2D eigenvalue weighted by molar-refractivity contribution is -0.136. The van der Waals surface area contributed by atoms with Crippen molar-refractivity contribution in [3.63, 3.8) is 0 Å². The number of methoxy groups -OCH3 is 1. The second-order valence-electron chi connectivity index (χ2n) is 6.47. The minimum atomic E-state index is -0.409. The number of ether oxygens (including phenoxy) is 2. The molecule has 0 spiro atoms. The van der Waals surface area contributed by atoms with E-state index < -0.39 is 5.41 Å². The Kier molecular flexibility index (Phi) is 10.0. The average Bonchev–Trinajstić information content (AvgIpc) is 2.62. The van der Waals surface area contributed by atoms with Crippen molar-refractivity contribution >= 4 is 18.3 Å². The van der Waals surface area contributed by atoms with E-state index in [1.54, 1.807) is 7.11 Å². The van der Waals surface area contributed by atoms with E-state index in [1.807, 2.05) is 12.1 Å². The first-order valence-corrected chi connectivity index (χ1v) is 8.84. The van der Waals surface area contributed by atoms with E-state index in [9.17, 15) is 4.79 Å². The van der Waals surface area contributed by atoms with Crippen LogP contribution in [0.1, 0.15) is 37.3 Å². The Labute approximate surface area is 157 Å². The first-order valence-electron chi connectivity index (χ1n) is 8.84. The van der Waals surface area contributed by atoms with Crippen molar-refractivity contribution in [3.8, 4) is 0 Å². The molecule has 1 amide bonds. The third-order valence-corrected chi connectivity index (χ3v) is 4.63. The van der Waals surface area contributed by atoms with Crippen molar-refractivity contribution in [2.75, 3.05) is 33.4 Å². The number of piperidine rings is 1. The smallest absolute Gasteiger partial charge is 0.228 e. The van der Waals surface area contributed by atoms with Crippen LogP contribution < -0.4 is 10.6 Å². The fraction of sp³-hybridized carbons (Fsp3) is 0.632. The van der Waals surface area contributed by atoms with Gasteiger partial charge >= 0.3 is 0 Å². The van der Waals surface area contributed by atoms with Crippen LogP contribution >= 0.6 is 12.4 Å². The zero-order chi connectivity index (χ0) is 17.3. The zero-order valence-electron chi connectivity index (χ0n) is 15.3. The Morgan fingerprint density at radius 1 is 1.24 bits per heavy atom. The van der Waals surface area contributed by atoms with Crippen LogP contribution in [0.4, 0.5) is 0 Å². The summed E-state index contributed by atoms with van der Waals surface area (Å²) in [7, 11) is 1.66. The first-order chi connectivity index (χ1) is 11.7. The number of rotatable bonds is 9. The molecule has 6 heteroatoms. The Hall–Kier alpha value is -1.14. The summed E-state index contributed by atoms with van der Waals surface area (Å²) in [4.78, 5) is 12.8. The van der Waals surface area contributed by atoms with E-state index in [-0.39, 0.29) is 18.3 Å². The molecule has 1 heterocycles. The van der Waals surface area contributed by atoms with Crippen LogP contribution in [0.5, 0.6) is 0 Å². The van der Waals surface area contributed by atoms with Gasteiger partial charge in [-0.05, 0) is 43.5 Å². The van der Waals surface area contributed by atoms with E-state index in [0.717, 1.165) is 50.1 Å². The normalized spacial score (nSPS) is 16.1. The molecule has 1 aliphatic rings. The number of hydrogen-bond donors (Lipinski definition) is 2. The van der Waals surface area contributed by atoms with Gasteiger partial charge in [0.15, 0.2) is 0 Å². The zero-order valence-corrected chi connectivity index (χ0v) is 16.1. The SMILES string of the molecule is CCCOCc1ccccc1CNC(=O)C1(COC)CCNCC1.Cl. The van der Waals surface area contributed by atoms with Gasteiger partial charge in [-0.25, -0.2) is 0 Å². The highest BCUT2D eigenvalue weighted by Gasteiger charge is 2.39. The van der Waals surface area contributed by atoms with Gasteiger partial charge in [-0.2, -0.15) is 0 Å². The fourth-order valence-electron chi connectivity index (χ4n) is 3.18. The van der Waals surface area contributed by atoms with Crippen LogP contribution in [0.3, 0.4) is 0 Å². The second kappa shape index (κ2) is 11.5. The number of amides is 1. The third kappa shape index (κ3) is 6.26. The van der Waals surface area contributed by atoms with E-state index in [4.69, 9.17) is 9.47 Å². The summed E-state index contributed by atoms with van der Waals surface area (Å²) in [5.74, 6) is 0.0927. The van der Waals surface area contributed by atoms with Crippen LogP contribution in [0, 0.1) is 5.41 Å². The molecule has 1 fully saturated rings. The second-order valence-corrected chi connectivity index (χ2v) is 6.47. The Balaban J connectivity index is 0.00000312. The van der Waals surface area contributed by atoms with E-state index in [0.29, 0.717) is 19.8 Å².